The van der Waals surface area contributed by atoms with Crippen LogP contribution in [0, 0.1) is 0 Å². The van der Waals surface area contributed by atoms with Gasteiger partial charge in [0.2, 0.25) is 5.91 Å². The van der Waals surface area contributed by atoms with Gasteiger partial charge in [0, 0.05) is 23.7 Å². The van der Waals surface area contributed by atoms with Crippen LogP contribution < -0.4 is 10.6 Å². The van der Waals surface area contributed by atoms with Gasteiger partial charge in [0.15, 0.2) is 0 Å². The number of rotatable bonds is 9. The molecule has 6 nitrogen and oxygen atoms in total. The van der Waals surface area contributed by atoms with Gasteiger partial charge in [-0.05, 0) is 30.7 Å². The van der Waals surface area contributed by atoms with Gasteiger partial charge in [0.05, 0.1) is 19.8 Å². The van der Waals surface area contributed by atoms with E-state index in [2.05, 4.69) is 10.6 Å². The number of carbonyl (C=O) groups is 2. The number of nitrogens with one attached hydrogen (secondary N) is 2. The van der Waals surface area contributed by atoms with Gasteiger partial charge in [-0.25, -0.2) is 0 Å². The molecule has 0 fully saturated rings. The molecule has 21 heavy (non-hydrogen) atoms. The molecule has 1 aromatic carbocycles. The van der Waals surface area contributed by atoms with Crippen LogP contribution >= 0.6 is 11.6 Å². The third kappa shape index (κ3) is 7.65. The lowest BCUT2D eigenvalue weighted by Gasteiger charge is -2.07. The highest BCUT2D eigenvalue weighted by atomic mass is 35.5. The Balaban J connectivity index is 2.15. The van der Waals surface area contributed by atoms with Crippen molar-refractivity contribution in [2.75, 3.05) is 32.9 Å². The van der Waals surface area contributed by atoms with Gasteiger partial charge in [-0.1, -0.05) is 11.6 Å². The predicted octanol–water partition coefficient (Wildman–Crippen LogP) is 0.585. The molecule has 0 aliphatic rings. The van der Waals surface area contributed by atoms with Crippen LogP contribution in [0.2, 0.25) is 5.02 Å². The van der Waals surface area contributed by atoms with Crippen molar-refractivity contribution in [3.63, 3.8) is 0 Å². The van der Waals surface area contributed by atoms with E-state index >= 15 is 0 Å². The van der Waals surface area contributed by atoms with E-state index in [9.17, 15) is 9.59 Å². The van der Waals surface area contributed by atoms with Gasteiger partial charge in [-0.15, -0.1) is 0 Å². The number of aliphatic hydroxyl groups is 1. The Morgan fingerprint density at radius 1 is 1.14 bits per heavy atom. The number of halogens is 1. The molecule has 7 heteroatoms. The number of hydrogen-bond donors (Lipinski definition) is 3. The van der Waals surface area contributed by atoms with Crippen LogP contribution in [-0.2, 0) is 9.53 Å². The molecule has 0 radical (unpaired) electrons. The molecule has 2 amide bonds. The minimum Gasteiger partial charge on any atom is -0.394 e. The highest BCUT2D eigenvalue weighted by molar-refractivity contribution is 6.30. The monoisotopic (exact) mass is 314 g/mol. The molecule has 3 N–H and O–H groups in total. The second-order valence-electron chi connectivity index (χ2n) is 4.23. The average molecular weight is 315 g/mol. The molecule has 0 saturated heterocycles. The standard InChI is InChI=1S/C14H19ClN2O4/c15-12-4-2-11(3-5-12)14(20)17-10-13(19)16-6-1-8-21-9-7-18/h2-5,18H,1,6-10H2,(H,16,19)(H,17,20). The van der Waals surface area contributed by atoms with Crippen molar-refractivity contribution in [3.8, 4) is 0 Å². The third-order valence-electron chi connectivity index (χ3n) is 2.54. The predicted molar refractivity (Wildman–Crippen MR) is 79.3 cm³/mol. The summed E-state index contributed by atoms with van der Waals surface area (Å²) in [5.41, 5.74) is 0.449. The van der Waals surface area contributed by atoms with Gasteiger partial charge in [0.1, 0.15) is 0 Å². The summed E-state index contributed by atoms with van der Waals surface area (Å²) in [6, 6.07) is 6.41. The first-order valence-corrected chi connectivity index (χ1v) is 7.00. The SMILES string of the molecule is O=C(CNC(=O)c1ccc(Cl)cc1)NCCCOCCO. The zero-order valence-electron chi connectivity index (χ0n) is 11.6. The quantitative estimate of drug-likeness (QED) is 0.582. The summed E-state index contributed by atoms with van der Waals surface area (Å²) in [4.78, 5) is 23.2. The Bertz CT molecular complexity index is 451. The molecule has 0 atom stereocenters. The number of hydrogen-bond acceptors (Lipinski definition) is 4. The van der Waals surface area contributed by atoms with Crippen molar-refractivity contribution in [2.24, 2.45) is 0 Å². The van der Waals surface area contributed by atoms with Crippen LogP contribution in [0.5, 0.6) is 0 Å². The lowest BCUT2D eigenvalue weighted by molar-refractivity contribution is -0.120. The molecule has 0 aliphatic carbocycles. The molecular weight excluding hydrogens is 296 g/mol. The van der Waals surface area contributed by atoms with Gasteiger partial charge in [-0.3, -0.25) is 9.59 Å². The van der Waals surface area contributed by atoms with Crippen LogP contribution in [0.1, 0.15) is 16.8 Å². The fraction of sp³-hybridized carbons (Fsp3) is 0.429. The number of carbonyl (C=O) groups excluding carboxylic acids is 2. The van der Waals surface area contributed by atoms with Crippen molar-refractivity contribution in [1.82, 2.24) is 10.6 Å². The fourth-order valence-corrected chi connectivity index (χ4v) is 1.62. The Labute approximate surface area is 128 Å². The highest BCUT2D eigenvalue weighted by Crippen LogP contribution is 2.09. The Morgan fingerprint density at radius 2 is 1.86 bits per heavy atom. The van der Waals surface area contributed by atoms with Gasteiger partial charge in [0.25, 0.3) is 5.91 Å². The maximum atomic E-state index is 11.7. The van der Waals surface area contributed by atoms with Crippen LogP contribution in [-0.4, -0.2) is 49.8 Å². The summed E-state index contributed by atoms with van der Waals surface area (Å²) in [6.07, 6.45) is 0.650. The summed E-state index contributed by atoms with van der Waals surface area (Å²) < 4.78 is 5.05. The number of ether oxygens (including phenoxy) is 1. The minimum absolute atomic E-state index is 0.0108. The number of aliphatic hydroxyl groups excluding tert-OH is 1. The molecular formula is C14H19ClN2O4. The molecule has 1 aromatic rings. The second-order valence-corrected chi connectivity index (χ2v) is 4.67. The van der Waals surface area contributed by atoms with Crippen LogP contribution in [0.3, 0.4) is 0 Å². The summed E-state index contributed by atoms with van der Waals surface area (Å²) in [6.45, 7) is 1.13. The van der Waals surface area contributed by atoms with Crippen LogP contribution in [0.4, 0.5) is 0 Å². The second kappa shape index (κ2) is 10.1. The van der Waals surface area contributed by atoms with Gasteiger partial charge >= 0.3 is 0 Å². The van der Waals surface area contributed by atoms with E-state index in [1.54, 1.807) is 24.3 Å². The molecule has 0 saturated carbocycles. The summed E-state index contributed by atoms with van der Waals surface area (Å²) in [5.74, 6) is -0.590. The van der Waals surface area contributed by atoms with E-state index in [4.69, 9.17) is 21.4 Å². The van der Waals surface area contributed by atoms with Crippen molar-refractivity contribution in [1.29, 1.82) is 0 Å². The Kier molecular flexibility index (Phi) is 8.42. The van der Waals surface area contributed by atoms with Crippen LogP contribution in [0.15, 0.2) is 24.3 Å². The number of amides is 2. The molecule has 0 bridgehead atoms. The maximum Gasteiger partial charge on any atom is 0.251 e. The van der Waals surface area contributed by atoms with E-state index in [0.29, 0.717) is 36.8 Å². The van der Waals surface area contributed by atoms with E-state index in [0.717, 1.165) is 0 Å². The fourth-order valence-electron chi connectivity index (χ4n) is 1.50. The van der Waals surface area contributed by atoms with Crippen molar-refractivity contribution in [3.05, 3.63) is 34.9 Å². The van der Waals surface area contributed by atoms with Crippen LogP contribution in [0.25, 0.3) is 0 Å². The van der Waals surface area contributed by atoms with E-state index < -0.39 is 0 Å². The average Bonchev–Trinajstić information content (AvgIpc) is 2.49. The summed E-state index contributed by atoms with van der Waals surface area (Å²) in [7, 11) is 0. The third-order valence-corrected chi connectivity index (χ3v) is 2.79. The smallest absolute Gasteiger partial charge is 0.251 e. The molecule has 116 valence electrons. The van der Waals surface area contributed by atoms with E-state index in [-0.39, 0.29) is 25.0 Å². The minimum atomic E-state index is -0.326. The van der Waals surface area contributed by atoms with Crippen molar-refractivity contribution < 1.29 is 19.4 Å². The largest absolute Gasteiger partial charge is 0.394 e. The van der Waals surface area contributed by atoms with E-state index in [1.807, 2.05) is 0 Å². The van der Waals surface area contributed by atoms with Crippen molar-refractivity contribution in [2.45, 2.75) is 6.42 Å². The lowest BCUT2D eigenvalue weighted by Crippen LogP contribution is -2.37. The lowest BCUT2D eigenvalue weighted by atomic mass is 10.2. The first kappa shape index (κ1) is 17.4. The zero-order valence-corrected chi connectivity index (χ0v) is 12.4. The highest BCUT2D eigenvalue weighted by Gasteiger charge is 2.07. The maximum absolute atomic E-state index is 11.7. The first-order valence-electron chi connectivity index (χ1n) is 6.62. The van der Waals surface area contributed by atoms with Gasteiger partial charge < -0.3 is 20.5 Å². The molecule has 0 heterocycles. The molecule has 0 unspecified atom stereocenters. The summed E-state index contributed by atoms with van der Waals surface area (Å²) in [5, 5.41) is 14.2. The van der Waals surface area contributed by atoms with E-state index in [1.165, 1.54) is 0 Å². The normalized spacial score (nSPS) is 10.2. The molecule has 0 spiro atoms. The Hall–Kier alpha value is -1.63. The Morgan fingerprint density at radius 3 is 2.52 bits per heavy atom. The number of benzene rings is 1. The molecule has 0 aliphatic heterocycles. The molecule has 1 rings (SSSR count). The summed E-state index contributed by atoms with van der Waals surface area (Å²) >= 11 is 5.73. The van der Waals surface area contributed by atoms with Gasteiger partial charge in [-0.2, -0.15) is 0 Å². The topological polar surface area (TPSA) is 87.7 Å². The first-order chi connectivity index (χ1) is 10.1. The molecule has 0 aromatic heterocycles. The van der Waals surface area contributed by atoms with Crippen molar-refractivity contribution >= 4 is 23.4 Å². The zero-order chi connectivity index (χ0) is 15.5.